The van der Waals surface area contributed by atoms with Crippen LogP contribution >= 0.6 is 0 Å². The van der Waals surface area contributed by atoms with E-state index in [1.165, 1.54) is 0 Å². The first kappa shape index (κ1) is 18.0. The Morgan fingerprint density at radius 1 is 1.15 bits per heavy atom. The normalized spacial score (nSPS) is 14.6. The number of hydrogen-bond acceptors (Lipinski definition) is 5. The van der Waals surface area contributed by atoms with E-state index in [1.807, 2.05) is 24.3 Å². The fourth-order valence-corrected chi connectivity index (χ4v) is 3.05. The molecular weight excluding hydrogens is 330 g/mol. The van der Waals surface area contributed by atoms with Gasteiger partial charge in [-0.15, -0.1) is 0 Å². The molecule has 2 aromatic carbocycles. The van der Waals surface area contributed by atoms with Crippen molar-refractivity contribution >= 4 is 11.9 Å². The van der Waals surface area contributed by atoms with Gasteiger partial charge in [0.15, 0.2) is 5.76 Å². The van der Waals surface area contributed by atoms with Crippen LogP contribution in [0.5, 0.6) is 17.2 Å². The molecule has 0 aromatic heterocycles. The molecule has 0 saturated heterocycles. The number of rotatable bonds is 6. The quantitative estimate of drug-likeness (QED) is 0.799. The number of ketones is 1. The van der Waals surface area contributed by atoms with E-state index in [0.717, 1.165) is 18.7 Å². The molecule has 0 fully saturated rings. The molecule has 0 saturated carbocycles. The zero-order valence-electron chi connectivity index (χ0n) is 15.3. The monoisotopic (exact) mass is 353 g/mol. The lowest BCUT2D eigenvalue weighted by atomic mass is 10.0. The van der Waals surface area contributed by atoms with E-state index in [9.17, 15) is 9.90 Å². The van der Waals surface area contributed by atoms with Crippen LogP contribution in [0.1, 0.15) is 35.3 Å². The summed E-state index contributed by atoms with van der Waals surface area (Å²) in [6, 6.07) is 10.6. The van der Waals surface area contributed by atoms with Crippen molar-refractivity contribution in [1.82, 2.24) is 4.90 Å². The Kier molecular flexibility index (Phi) is 5.28. The number of methoxy groups -OCH3 is 1. The zero-order valence-corrected chi connectivity index (χ0v) is 15.3. The number of carbonyl (C=O) groups is 1. The highest BCUT2D eigenvalue weighted by Crippen LogP contribution is 2.40. The number of hydrogen-bond donors (Lipinski definition) is 1. The molecule has 26 heavy (non-hydrogen) atoms. The zero-order chi connectivity index (χ0) is 18.7. The summed E-state index contributed by atoms with van der Waals surface area (Å²) in [5.41, 5.74) is 1.88. The molecule has 1 heterocycles. The summed E-state index contributed by atoms with van der Waals surface area (Å²) in [7, 11) is 1.59. The fourth-order valence-electron chi connectivity index (χ4n) is 3.05. The van der Waals surface area contributed by atoms with Crippen LogP contribution in [-0.2, 0) is 6.54 Å². The number of carbonyl (C=O) groups excluding carboxylic acids is 1. The van der Waals surface area contributed by atoms with Gasteiger partial charge in [-0.05, 0) is 37.4 Å². The smallest absolute Gasteiger partial charge is 0.231 e. The molecule has 3 rings (SSSR count). The second kappa shape index (κ2) is 7.62. The van der Waals surface area contributed by atoms with E-state index >= 15 is 0 Å². The lowest BCUT2D eigenvalue weighted by molar-refractivity contribution is 0.101. The number of fused-ring (bicyclic) bond motifs is 1. The van der Waals surface area contributed by atoms with Gasteiger partial charge in [-0.2, -0.15) is 0 Å². The maximum absolute atomic E-state index is 12.8. The summed E-state index contributed by atoms with van der Waals surface area (Å²) in [6.45, 7) is 6.33. The van der Waals surface area contributed by atoms with E-state index < -0.39 is 0 Å². The number of nitrogens with zero attached hydrogens (tertiary/aromatic N) is 1. The molecule has 0 unspecified atom stereocenters. The maximum atomic E-state index is 12.8. The second-order valence-corrected chi connectivity index (χ2v) is 6.08. The first-order valence-corrected chi connectivity index (χ1v) is 8.73. The largest absolute Gasteiger partial charge is 0.507 e. The second-order valence-electron chi connectivity index (χ2n) is 6.08. The lowest BCUT2D eigenvalue weighted by Gasteiger charge is -2.20. The Morgan fingerprint density at radius 2 is 1.88 bits per heavy atom. The lowest BCUT2D eigenvalue weighted by Crippen LogP contribution is -2.22. The molecule has 0 radical (unpaired) electrons. The van der Waals surface area contributed by atoms with Gasteiger partial charge in [0.05, 0.1) is 18.2 Å². The van der Waals surface area contributed by atoms with Crippen molar-refractivity contribution < 1.29 is 19.4 Å². The van der Waals surface area contributed by atoms with Crippen molar-refractivity contribution in [3.8, 4) is 17.2 Å². The molecule has 1 aliphatic rings. The van der Waals surface area contributed by atoms with E-state index in [1.54, 1.807) is 25.3 Å². The third kappa shape index (κ3) is 3.30. The maximum Gasteiger partial charge on any atom is 0.231 e. The SMILES string of the molecule is CCN(CC)Cc1c(O)ccc2c1OC(=Cc1ccccc1OC)C2=O. The number of aromatic hydroxyl groups is 1. The summed E-state index contributed by atoms with van der Waals surface area (Å²) in [6.07, 6.45) is 1.68. The number of allylic oxidation sites excluding steroid dienone is 1. The van der Waals surface area contributed by atoms with Gasteiger partial charge in [-0.1, -0.05) is 32.0 Å². The molecule has 1 N–H and O–H groups in total. The minimum absolute atomic E-state index is 0.141. The third-order valence-electron chi connectivity index (χ3n) is 4.62. The van der Waals surface area contributed by atoms with Crippen LogP contribution in [0.2, 0.25) is 0 Å². The predicted octanol–water partition coefficient (Wildman–Crippen LogP) is 3.86. The highest BCUT2D eigenvalue weighted by molar-refractivity contribution is 6.15. The average Bonchev–Trinajstić information content (AvgIpc) is 2.97. The molecule has 2 aromatic rings. The molecule has 0 spiro atoms. The number of Topliss-reactive ketones (excluding diaryl/α,β-unsaturated/α-hetero) is 1. The predicted molar refractivity (Wildman–Crippen MR) is 101 cm³/mol. The van der Waals surface area contributed by atoms with Gasteiger partial charge >= 0.3 is 0 Å². The molecule has 0 atom stereocenters. The van der Waals surface area contributed by atoms with E-state index in [2.05, 4.69) is 18.7 Å². The molecule has 5 heteroatoms. The summed E-state index contributed by atoms with van der Waals surface area (Å²) < 4.78 is 11.2. The minimum atomic E-state index is -0.188. The van der Waals surface area contributed by atoms with Gasteiger partial charge < -0.3 is 14.6 Å². The number of ether oxygens (including phenoxy) is 2. The highest BCUT2D eigenvalue weighted by atomic mass is 16.5. The molecule has 136 valence electrons. The van der Waals surface area contributed by atoms with E-state index in [-0.39, 0.29) is 17.3 Å². The van der Waals surface area contributed by atoms with E-state index in [0.29, 0.717) is 29.2 Å². The van der Waals surface area contributed by atoms with Crippen molar-refractivity contribution in [3.63, 3.8) is 0 Å². The number of benzene rings is 2. The summed E-state index contributed by atoms with van der Waals surface area (Å²) in [5.74, 6) is 1.30. The summed E-state index contributed by atoms with van der Waals surface area (Å²) in [5, 5.41) is 10.3. The Bertz CT molecular complexity index is 853. The number of phenolic OH excluding ortho intramolecular Hbond substituents is 1. The first-order valence-electron chi connectivity index (χ1n) is 8.73. The van der Waals surface area contributed by atoms with Gasteiger partial charge in [-0.3, -0.25) is 9.69 Å². The summed E-state index contributed by atoms with van der Waals surface area (Å²) in [4.78, 5) is 14.9. The van der Waals surface area contributed by atoms with Gasteiger partial charge in [0.25, 0.3) is 0 Å². The van der Waals surface area contributed by atoms with E-state index in [4.69, 9.17) is 9.47 Å². The molecule has 0 aliphatic carbocycles. The average molecular weight is 353 g/mol. The third-order valence-corrected chi connectivity index (χ3v) is 4.62. The Morgan fingerprint density at radius 3 is 2.58 bits per heavy atom. The number of para-hydroxylation sites is 1. The van der Waals surface area contributed by atoms with Crippen LogP contribution in [0.15, 0.2) is 42.2 Å². The minimum Gasteiger partial charge on any atom is -0.507 e. The molecule has 5 nitrogen and oxygen atoms in total. The van der Waals surface area contributed by atoms with Crippen molar-refractivity contribution in [1.29, 1.82) is 0 Å². The molecule has 0 amide bonds. The van der Waals surface area contributed by atoms with Crippen LogP contribution in [0.25, 0.3) is 6.08 Å². The van der Waals surface area contributed by atoms with Crippen LogP contribution in [0.4, 0.5) is 0 Å². The Balaban J connectivity index is 2.00. The van der Waals surface area contributed by atoms with Crippen molar-refractivity contribution in [2.24, 2.45) is 0 Å². The standard InChI is InChI=1S/C21H23NO4/c1-4-22(5-2)13-16-17(23)11-10-15-20(24)19(26-21(15)16)12-14-8-6-7-9-18(14)25-3/h6-12,23H,4-5,13H2,1-3H3. The van der Waals surface area contributed by atoms with Crippen LogP contribution in [0, 0.1) is 0 Å². The first-order chi connectivity index (χ1) is 12.6. The van der Waals surface area contributed by atoms with Gasteiger partial charge in [0.1, 0.15) is 17.2 Å². The molecular formula is C21H23NO4. The summed E-state index contributed by atoms with van der Waals surface area (Å²) >= 11 is 0. The van der Waals surface area contributed by atoms with Crippen LogP contribution in [0.3, 0.4) is 0 Å². The molecule has 1 aliphatic heterocycles. The Hall–Kier alpha value is -2.79. The van der Waals surface area contributed by atoms with Crippen molar-refractivity contribution in [2.75, 3.05) is 20.2 Å². The number of phenols is 1. The topological polar surface area (TPSA) is 59.0 Å². The highest BCUT2D eigenvalue weighted by Gasteiger charge is 2.31. The van der Waals surface area contributed by atoms with Crippen LogP contribution < -0.4 is 9.47 Å². The van der Waals surface area contributed by atoms with Crippen molar-refractivity contribution in [3.05, 3.63) is 58.8 Å². The van der Waals surface area contributed by atoms with Gasteiger partial charge in [0, 0.05) is 12.1 Å². The van der Waals surface area contributed by atoms with Crippen molar-refractivity contribution in [2.45, 2.75) is 20.4 Å². The van der Waals surface area contributed by atoms with Crippen LogP contribution in [-0.4, -0.2) is 36.0 Å². The van der Waals surface area contributed by atoms with Gasteiger partial charge in [0.2, 0.25) is 5.78 Å². The van der Waals surface area contributed by atoms with Gasteiger partial charge in [-0.25, -0.2) is 0 Å². The molecule has 0 bridgehead atoms. The fraction of sp³-hybridized carbons (Fsp3) is 0.286. The Labute approximate surface area is 153 Å².